The number of likely N-dealkylation sites (tertiary alicyclic amines) is 1. The highest BCUT2D eigenvalue weighted by atomic mass is 19.3. The molecule has 1 aliphatic rings. The van der Waals surface area contributed by atoms with Crippen LogP contribution in [0.1, 0.15) is 19.2 Å². The second-order valence-corrected chi connectivity index (χ2v) is 7.94. The highest BCUT2D eigenvalue weighted by Crippen LogP contribution is 2.26. The molecule has 4 aromatic rings. The average Bonchev–Trinajstić information content (AvgIpc) is 3.45. The SMILES string of the molecule is CC(=O)N1CC[C@@H](Nc2ncc3c(-c4ccc5nc(C)n(CC(F)F)c5n4)ccn3n2)C1. The van der Waals surface area contributed by atoms with Crippen LogP contribution in [0.5, 0.6) is 0 Å². The molecule has 1 saturated heterocycles. The smallest absolute Gasteiger partial charge is 0.256 e. The second-order valence-electron chi connectivity index (χ2n) is 7.94. The molecule has 0 spiro atoms. The van der Waals surface area contributed by atoms with Crippen molar-refractivity contribution in [2.75, 3.05) is 18.4 Å². The van der Waals surface area contributed by atoms with Gasteiger partial charge in [-0.15, -0.1) is 5.10 Å². The average molecular weight is 440 g/mol. The molecule has 0 radical (unpaired) electrons. The molecule has 1 amide bonds. The fraction of sp³-hybridized carbons (Fsp3) is 0.381. The number of nitrogens with one attached hydrogen (secondary N) is 1. The maximum absolute atomic E-state index is 13.0. The van der Waals surface area contributed by atoms with E-state index in [1.165, 1.54) is 4.57 Å². The summed E-state index contributed by atoms with van der Waals surface area (Å²) in [6, 6.07) is 5.58. The van der Waals surface area contributed by atoms with Crippen molar-refractivity contribution in [3.8, 4) is 11.3 Å². The lowest BCUT2D eigenvalue weighted by Gasteiger charge is -2.15. The van der Waals surface area contributed by atoms with Gasteiger partial charge >= 0.3 is 0 Å². The fourth-order valence-corrected chi connectivity index (χ4v) is 4.15. The van der Waals surface area contributed by atoms with E-state index in [9.17, 15) is 13.6 Å². The first-order valence-electron chi connectivity index (χ1n) is 10.4. The molecule has 1 atom stereocenters. The van der Waals surface area contributed by atoms with Gasteiger partial charge in [0, 0.05) is 37.8 Å². The summed E-state index contributed by atoms with van der Waals surface area (Å²) >= 11 is 0. The van der Waals surface area contributed by atoms with E-state index in [1.54, 1.807) is 35.5 Å². The van der Waals surface area contributed by atoms with E-state index in [1.807, 2.05) is 18.3 Å². The molecule has 5 heterocycles. The molecule has 11 heteroatoms. The van der Waals surface area contributed by atoms with E-state index in [2.05, 4.69) is 25.4 Å². The Morgan fingerprint density at radius 3 is 2.88 bits per heavy atom. The van der Waals surface area contributed by atoms with Crippen LogP contribution in [0.15, 0.2) is 30.6 Å². The van der Waals surface area contributed by atoms with Crippen LogP contribution in [-0.4, -0.2) is 65.5 Å². The van der Waals surface area contributed by atoms with E-state index >= 15 is 0 Å². The number of amides is 1. The Balaban J connectivity index is 1.44. The third kappa shape index (κ3) is 3.63. The molecule has 1 aliphatic heterocycles. The van der Waals surface area contributed by atoms with Crippen LogP contribution in [0, 0.1) is 6.92 Å². The minimum atomic E-state index is -2.49. The molecule has 0 unspecified atom stereocenters. The predicted octanol–water partition coefficient (Wildman–Crippen LogP) is 2.75. The van der Waals surface area contributed by atoms with Crippen LogP contribution >= 0.6 is 0 Å². The van der Waals surface area contributed by atoms with Crippen LogP contribution in [-0.2, 0) is 11.3 Å². The number of imidazole rings is 1. The topological polar surface area (TPSA) is 93.2 Å². The van der Waals surface area contributed by atoms with Gasteiger partial charge in [-0.3, -0.25) is 4.79 Å². The van der Waals surface area contributed by atoms with Crippen LogP contribution in [0.2, 0.25) is 0 Å². The van der Waals surface area contributed by atoms with Crippen molar-refractivity contribution in [2.24, 2.45) is 0 Å². The van der Waals surface area contributed by atoms with Gasteiger partial charge in [0.25, 0.3) is 6.43 Å². The highest BCUT2D eigenvalue weighted by Gasteiger charge is 2.24. The number of aryl methyl sites for hydroxylation is 1. The summed E-state index contributed by atoms with van der Waals surface area (Å²) in [5.41, 5.74) is 3.18. The molecule has 5 rings (SSSR count). The van der Waals surface area contributed by atoms with Crippen LogP contribution < -0.4 is 5.32 Å². The van der Waals surface area contributed by atoms with Crippen molar-refractivity contribution in [3.05, 3.63) is 36.4 Å². The minimum absolute atomic E-state index is 0.0651. The number of nitrogens with zero attached hydrogens (tertiary/aromatic N) is 7. The molecular weight excluding hydrogens is 418 g/mol. The first-order chi connectivity index (χ1) is 15.4. The van der Waals surface area contributed by atoms with E-state index in [4.69, 9.17) is 0 Å². The van der Waals surface area contributed by atoms with E-state index < -0.39 is 13.0 Å². The lowest BCUT2D eigenvalue weighted by Crippen LogP contribution is -2.30. The summed E-state index contributed by atoms with van der Waals surface area (Å²) < 4.78 is 29.2. The number of carbonyl (C=O) groups excluding carboxylic acids is 1. The van der Waals surface area contributed by atoms with Crippen molar-refractivity contribution >= 4 is 28.5 Å². The van der Waals surface area contributed by atoms with Crippen LogP contribution in [0.4, 0.5) is 14.7 Å². The molecule has 166 valence electrons. The Kier molecular flexibility index (Phi) is 4.95. The normalized spacial score (nSPS) is 16.5. The summed E-state index contributed by atoms with van der Waals surface area (Å²) in [6.07, 6.45) is 1.86. The van der Waals surface area contributed by atoms with Gasteiger partial charge in [0.2, 0.25) is 11.9 Å². The van der Waals surface area contributed by atoms with Gasteiger partial charge in [-0.25, -0.2) is 28.2 Å². The number of alkyl halides is 2. The second kappa shape index (κ2) is 7.81. The lowest BCUT2D eigenvalue weighted by molar-refractivity contribution is -0.127. The summed E-state index contributed by atoms with van der Waals surface area (Å²) in [5, 5.41) is 7.81. The zero-order chi connectivity index (χ0) is 22.4. The quantitative estimate of drug-likeness (QED) is 0.513. The van der Waals surface area contributed by atoms with Crippen LogP contribution in [0.25, 0.3) is 27.9 Å². The fourth-order valence-electron chi connectivity index (χ4n) is 4.15. The van der Waals surface area contributed by atoms with Crippen molar-refractivity contribution in [1.29, 1.82) is 0 Å². The van der Waals surface area contributed by atoms with Crippen LogP contribution in [0.3, 0.4) is 0 Å². The maximum Gasteiger partial charge on any atom is 0.256 e. The van der Waals surface area contributed by atoms with Gasteiger partial charge in [0.05, 0.1) is 24.0 Å². The van der Waals surface area contributed by atoms with Gasteiger partial charge < -0.3 is 14.8 Å². The molecule has 0 aliphatic carbocycles. The van der Waals surface area contributed by atoms with E-state index in [0.717, 1.165) is 24.0 Å². The molecule has 0 saturated carbocycles. The third-order valence-electron chi connectivity index (χ3n) is 5.76. The van der Waals surface area contributed by atoms with Gasteiger partial charge in [-0.05, 0) is 31.5 Å². The maximum atomic E-state index is 13.0. The first kappa shape index (κ1) is 20.3. The van der Waals surface area contributed by atoms with E-state index in [0.29, 0.717) is 35.2 Å². The number of hydrogen-bond acceptors (Lipinski definition) is 6. The summed E-state index contributed by atoms with van der Waals surface area (Å²) in [7, 11) is 0. The monoisotopic (exact) mass is 440 g/mol. The Hall–Kier alpha value is -3.63. The molecule has 0 bridgehead atoms. The molecule has 4 aromatic heterocycles. The minimum Gasteiger partial charge on any atom is -0.348 e. The molecule has 9 nitrogen and oxygen atoms in total. The zero-order valence-corrected chi connectivity index (χ0v) is 17.7. The lowest BCUT2D eigenvalue weighted by atomic mass is 10.2. The van der Waals surface area contributed by atoms with Gasteiger partial charge in [-0.1, -0.05) is 0 Å². The largest absolute Gasteiger partial charge is 0.348 e. The van der Waals surface area contributed by atoms with Crippen molar-refractivity contribution < 1.29 is 13.6 Å². The van der Waals surface area contributed by atoms with E-state index in [-0.39, 0.29) is 11.9 Å². The summed E-state index contributed by atoms with van der Waals surface area (Å²) in [4.78, 5) is 26.7. The zero-order valence-electron chi connectivity index (χ0n) is 17.7. The number of aromatic nitrogens is 6. The number of halogens is 2. The molecular formula is C21H22F2N8O. The predicted molar refractivity (Wildman–Crippen MR) is 115 cm³/mol. The molecule has 0 aromatic carbocycles. The number of fused-ring (bicyclic) bond motifs is 2. The number of pyridine rings is 1. The van der Waals surface area contributed by atoms with Gasteiger partial charge in [0.1, 0.15) is 11.3 Å². The molecule has 1 N–H and O–H groups in total. The number of anilines is 1. The van der Waals surface area contributed by atoms with Gasteiger partial charge in [0.15, 0.2) is 5.65 Å². The Bertz CT molecular complexity index is 1310. The Labute approximate surface area is 182 Å². The number of carbonyl (C=O) groups is 1. The molecule has 32 heavy (non-hydrogen) atoms. The molecule has 1 fully saturated rings. The third-order valence-corrected chi connectivity index (χ3v) is 5.76. The number of hydrogen-bond donors (Lipinski definition) is 1. The Morgan fingerprint density at radius 2 is 2.12 bits per heavy atom. The first-order valence-corrected chi connectivity index (χ1v) is 10.4. The van der Waals surface area contributed by atoms with Crippen molar-refractivity contribution in [2.45, 2.75) is 39.3 Å². The number of rotatable bonds is 5. The van der Waals surface area contributed by atoms with Crippen molar-refractivity contribution in [1.82, 2.24) is 34.0 Å². The summed E-state index contributed by atoms with van der Waals surface area (Å²) in [6.45, 7) is 4.16. The van der Waals surface area contributed by atoms with Gasteiger partial charge in [-0.2, -0.15) is 0 Å². The van der Waals surface area contributed by atoms with Crippen molar-refractivity contribution in [3.63, 3.8) is 0 Å². The standard InChI is InChI=1S/C21H22F2N8O/c1-12-25-17-4-3-16(27-20(17)30(12)11-19(22)23)15-6-8-31-18(15)9-24-21(28-31)26-14-5-7-29(10-14)13(2)32/h3-4,6,8-9,14,19H,5,7,10-11H2,1-2H3,(H,26,28)/t14-/m1/s1. The summed E-state index contributed by atoms with van der Waals surface area (Å²) in [5.74, 6) is 1.04. The Morgan fingerprint density at radius 1 is 1.28 bits per heavy atom. The highest BCUT2D eigenvalue weighted by molar-refractivity contribution is 5.82.